The SMILES string of the molecule is O=C(Nc1ccccc1Br)NC1CCC(CO)CC1. The van der Waals surface area contributed by atoms with Crippen LogP contribution in [0.2, 0.25) is 0 Å². The highest BCUT2D eigenvalue weighted by Crippen LogP contribution is 2.24. The quantitative estimate of drug-likeness (QED) is 0.799. The monoisotopic (exact) mass is 326 g/mol. The molecule has 104 valence electrons. The lowest BCUT2D eigenvalue weighted by Crippen LogP contribution is -2.40. The molecule has 1 fully saturated rings. The molecule has 0 spiro atoms. The molecule has 1 aliphatic carbocycles. The first-order chi connectivity index (χ1) is 9.19. The molecule has 2 rings (SSSR count). The summed E-state index contributed by atoms with van der Waals surface area (Å²) in [6.45, 7) is 0.260. The summed E-state index contributed by atoms with van der Waals surface area (Å²) in [6, 6.07) is 7.58. The first-order valence-electron chi connectivity index (χ1n) is 6.62. The van der Waals surface area contributed by atoms with Crippen LogP contribution in [0.25, 0.3) is 0 Å². The fourth-order valence-corrected chi connectivity index (χ4v) is 2.78. The highest BCUT2D eigenvalue weighted by Gasteiger charge is 2.21. The Balaban J connectivity index is 1.81. The Morgan fingerprint density at radius 3 is 2.58 bits per heavy atom. The summed E-state index contributed by atoms with van der Waals surface area (Å²) in [6.07, 6.45) is 3.84. The standard InChI is InChI=1S/C14H19BrN2O2/c15-12-3-1-2-4-13(12)17-14(19)16-11-7-5-10(9-18)6-8-11/h1-4,10-11,18H,5-9H2,(H2,16,17,19). The van der Waals surface area contributed by atoms with Gasteiger partial charge in [0, 0.05) is 17.1 Å². The molecule has 1 aromatic carbocycles. The smallest absolute Gasteiger partial charge is 0.319 e. The zero-order valence-electron chi connectivity index (χ0n) is 10.7. The van der Waals surface area contributed by atoms with Crippen molar-refractivity contribution in [2.45, 2.75) is 31.7 Å². The molecule has 1 aliphatic rings. The molecule has 1 saturated carbocycles. The fraction of sp³-hybridized carbons (Fsp3) is 0.500. The summed E-state index contributed by atoms with van der Waals surface area (Å²) in [4.78, 5) is 11.9. The molecule has 0 atom stereocenters. The lowest BCUT2D eigenvalue weighted by molar-refractivity contribution is 0.176. The molecular weight excluding hydrogens is 308 g/mol. The zero-order valence-corrected chi connectivity index (χ0v) is 12.3. The normalized spacial score (nSPS) is 22.8. The Bertz CT molecular complexity index is 431. The number of carbonyl (C=O) groups is 1. The zero-order chi connectivity index (χ0) is 13.7. The van der Waals surface area contributed by atoms with Gasteiger partial charge in [0.05, 0.1) is 5.69 Å². The third-order valence-corrected chi connectivity index (χ3v) is 4.25. The minimum atomic E-state index is -0.167. The van der Waals surface area contributed by atoms with Crippen LogP contribution in [0.4, 0.5) is 10.5 Å². The van der Waals surface area contributed by atoms with E-state index in [0.717, 1.165) is 35.8 Å². The molecule has 1 aromatic rings. The van der Waals surface area contributed by atoms with Crippen molar-refractivity contribution in [2.75, 3.05) is 11.9 Å². The van der Waals surface area contributed by atoms with Gasteiger partial charge in [-0.05, 0) is 59.7 Å². The van der Waals surface area contributed by atoms with Crippen molar-refractivity contribution in [3.63, 3.8) is 0 Å². The van der Waals surface area contributed by atoms with Crippen molar-refractivity contribution in [1.82, 2.24) is 5.32 Å². The van der Waals surface area contributed by atoms with Crippen molar-refractivity contribution in [3.8, 4) is 0 Å². The number of hydrogen-bond donors (Lipinski definition) is 3. The summed E-state index contributed by atoms with van der Waals surface area (Å²) < 4.78 is 0.870. The van der Waals surface area contributed by atoms with E-state index in [1.165, 1.54) is 0 Å². The maximum atomic E-state index is 11.9. The number of rotatable bonds is 3. The van der Waals surface area contributed by atoms with E-state index in [9.17, 15) is 4.79 Å². The van der Waals surface area contributed by atoms with E-state index in [1.54, 1.807) is 0 Å². The lowest BCUT2D eigenvalue weighted by Gasteiger charge is -2.28. The van der Waals surface area contributed by atoms with E-state index in [2.05, 4.69) is 26.6 Å². The molecule has 0 saturated heterocycles. The van der Waals surface area contributed by atoms with Gasteiger partial charge >= 0.3 is 6.03 Å². The number of amides is 2. The average molecular weight is 327 g/mol. The minimum Gasteiger partial charge on any atom is -0.396 e. The van der Waals surface area contributed by atoms with E-state index in [0.29, 0.717) is 5.92 Å². The third kappa shape index (κ3) is 4.21. The number of anilines is 1. The predicted molar refractivity (Wildman–Crippen MR) is 79.1 cm³/mol. The molecule has 0 unspecified atom stereocenters. The molecule has 5 heteroatoms. The van der Waals surface area contributed by atoms with Crippen LogP contribution < -0.4 is 10.6 Å². The first kappa shape index (κ1) is 14.3. The summed E-state index contributed by atoms with van der Waals surface area (Å²) in [7, 11) is 0. The molecule has 2 amide bonds. The molecule has 0 heterocycles. The molecular formula is C14H19BrN2O2. The van der Waals surface area contributed by atoms with Gasteiger partial charge in [0.15, 0.2) is 0 Å². The minimum absolute atomic E-state index is 0.167. The number of benzene rings is 1. The maximum Gasteiger partial charge on any atom is 0.319 e. The van der Waals surface area contributed by atoms with E-state index in [4.69, 9.17) is 5.11 Å². The Kier molecular flexibility index (Phi) is 5.22. The second kappa shape index (κ2) is 6.91. The molecule has 4 nitrogen and oxygen atoms in total. The van der Waals surface area contributed by atoms with Crippen LogP contribution in [0.1, 0.15) is 25.7 Å². The van der Waals surface area contributed by atoms with Crippen molar-refractivity contribution in [3.05, 3.63) is 28.7 Å². The van der Waals surface area contributed by atoms with E-state index >= 15 is 0 Å². The van der Waals surface area contributed by atoms with E-state index < -0.39 is 0 Å². The van der Waals surface area contributed by atoms with Crippen LogP contribution in [0.3, 0.4) is 0 Å². The van der Waals surface area contributed by atoms with Crippen LogP contribution in [0, 0.1) is 5.92 Å². The Morgan fingerprint density at radius 1 is 1.26 bits per heavy atom. The number of aliphatic hydroxyl groups excluding tert-OH is 1. The molecule has 3 N–H and O–H groups in total. The van der Waals surface area contributed by atoms with Crippen LogP contribution in [0.5, 0.6) is 0 Å². The number of para-hydroxylation sites is 1. The van der Waals surface area contributed by atoms with Crippen LogP contribution in [-0.4, -0.2) is 23.8 Å². The molecule has 0 aliphatic heterocycles. The van der Waals surface area contributed by atoms with Crippen molar-refractivity contribution in [2.24, 2.45) is 5.92 Å². The Hall–Kier alpha value is -1.07. The predicted octanol–water partition coefficient (Wildman–Crippen LogP) is 3.12. The topological polar surface area (TPSA) is 61.4 Å². The summed E-state index contributed by atoms with van der Waals surface area (Å²) in [5, 5.41) is 14.9. The highest BCUT2D eigenvalue weighted by molar-refractivity contribution is 9.10. The van der Waals surface area contributed by atoms with Gasteiger partial charge in [-0.15, -0.1) is 0 Å². The molecule has 19 heavy (non-hydrogen) atoms. The summed E-state index contributed by atoms with van der Waals surface area (Å²) in [5.41, 5.74) is 0.768. The molecule has 0 aromatic heterocycles. The maximum absolute atomic E-state index is 11.9. The largest absolute Gasteiger partial charge is 0.396 e. The van der Waals surface area contributed by atoms with Crippen LogP contribution in [0.15, 0.2) is 28.7 Å². The average Bonchev–Trinajstić information content (AvgIpc) is 2.42. The Morgan fingerprint density at radius 2 is 1.95 bits per heavy atom. The van der Waals surface area contributed by atoms with Gasteiger partial charge in [0.25, 0.3) is 0 Å². The number of nitrogens with one attached hydrogen (secondary N) is 2. The summed E-state index contributed by atoms with van der Waals surface area (Å²) in [5.74, 6) is 0.407. The lowest BCUT2D eigenvalue weighted by atomic mass is 9.87. The molecule has 0 radical (unpaired) electrons. The van der Waals surface area contributed by atoms with Crippen LogP contribution >= 0.6 is 15.9 Å². The van der Waals surface area contributed by atoms with Gasteiger partial charge in [0.1, 0.15) is 0 Å². The van der Waals surface area contributed by atoms with E-state index in [1.807, 2.05) is 24.3 Å². The Labute approximate surface area is 121 Å². The van der Waals surface area contributed by atoms with Gasteiger partial charge in [-0.1, -0.05) is 12.1 Å². The fourth-order valence-electron chi connectivity index (χ4n) is 2.40. The highest BCUT2D eigenvalue weighted by atomic mass is 79.9. The van der Waals surface area contributed by atoms with Gasteiger partial charge in [0.2, 0.25) is 0 Å². The van der Waals surface area contributed by atoms with Gasteiger partial charge in [-0.25, -0.2) is 4.79 Å². The third-order valence-electron chi connectivity index (χ3n) is 3.56. The van der Waals surface area contributed by atoms with Crippen molar-refractivity contribution >= 4 is 27.6 Å². The first-order valence-corrected chi connectivity index (χ1v) is 7.41. The van der Waals surface area contributed by atoms with Crippen LogP contribution in [-0.2, 0) is 0 Å². The van der Waals surface area contributed by atoms with E-state index in [-0.39, 0.29) is 18.7 Å². The second-order valence-corrected chi connectivity index (χ2v) is 5.83. The van der Waals surface area contributed by atoms with Gasteiger partial charge < -0.3 is 15.7 Å². The number of aliphatic hydroxyl groups is 1. The van der Waals surface area contributed by atoms with Gasteiger partial charge in [-0.2, -0.15) is 0 Å². The van der Waals surface area contributed by atoms with Crippen molar-refractivity contribution < 1.29 is 9.90 Å². The summed E-state index contributed by atoms with van der Waals surface area (Å²) >= 11 is 3.40. The number of urea groups is 1. The second-order valence-electron chi connectivity index (χ2n) is 4.98. The number of carbonyl (C=O) groups excluding carboxylic acids is 1. The van der Waals surface area contributed by atoms with Crippen molar-refractivity contribution in [1.29, 1.82) is 0 Å². The molecule has 0 bridgehead atoms. The number of halogens is 1. The number of hydrogen-bond acceptors (Lipinski definition) is 2. The van der Waals surface area contributed by atoms with Gasteiger partial charge in [-0.3, -0.25) is 0 Å².